The molecule has 0 aliphatic heterocycles. The normalized spacial score (nSPS) is 11.1. The molecule has 1 rings (SSSR count). The van der Waals surface area contributed by atoms with Crippen LogP contribution in [0.25, 0.3) is 0 Å². The van der Waals surface area contributed by atoms with Gasteiger partial charge < -0.3 is 10.4 Å². The van der Waals surface area contributed by atoms with E-state index in [-0.39, 0.29) is 12.5 Å². The first kappa shape index (κ1) is 13.5. The lowest BCUT2D eigenvalue weighted by molar-refractivity contribution is -0.137. The van der Waals surface area contributed by atoms with Gasteiger partial charge in [-0.05, 0) is 31.5 Å². The molecule has 0 heterocycles. The van der Waals surface area contributed by atoms with Crippen molar-refractivity contribution < 1.29 is 9.90 Å². The maximum Gasteiger partial charge on any atom is 0.303 e. The summed E-state index contributed by atoms with van der Waals surface area (Å²) in [5.41, 5.74) is 1.36. The third-order valence-electron chi connectivity index (χ3n) is 2.46. The first-order valence-electron chi connectivity index (χ1n) is 5.49. The third-order valence-corrected chi connectivity index (χ3v) is 2.46. The van der Waals surface area contributed by atoms with E-state index in [2.05, 4.69) is 5.32 Å². The zero-order valence-electron chi connectivity index (χ0n) is 9.97. The van der Waals surface area contributed by atoms with Gasteiger partial charge in [0.2, 0.25) is 0 Å². The second-order valence-electron chi connectivity index (χ2n) is 3.96. The maximum absolute atomic E-state index is 10.4. The Morgan fingerprint density at radius 2 is 2.06 bits per heavy atom. The monoisotopic (exact) mass is 243 g/mol. The molecule has 0 radical (unpaired) electrons. The van der Waals surface area contributed by atoms with Crippen LogP contribution in [0.2, 0.25) is 0 Å². The Bertz CT molecular complexity index is 526. The highest BCUT2D eigenvalue weighted by Gasteiger charge is 2.07. The van der Waals surface area contributed by atoms with Gasteiger partial charge in [0.15, 0.2) is 0 Å². The summed E-state index contributed by atoms with van der Waals surface area (Å²) in [6.07, 6.45) is 0.590. The fraction of sp³-hybridized carbons (Fsp3) is 0.308. The number of carboxylic acids is 1. The molecule has 0 aliphatic rings. The van der Waals surface area contributed by atoms with E-state index in [1.54, 1.807) is 18.2 Å². The highest BCUT2D eigenvalue weighted by atomic mass is 16.4. The molecule has 0 saturated carbocycles. The lowest BCUT2D eigenvalue weighted by atomic mass is 10.1. The van der Waals surface area contributed by atoms with Gasteiger partial charge in [0.1, 0.15) is 12.1 Å². The molecule has 2 N–H and O–H groups in total. The van der Waals surface area contributed by atoms with Crippen LogP contribution < -0.4 is 5.32 Å². The van der Waals surface area contributed by atoms with Gasteiger partial charge in [0, 0.05) is 18.2 Å². The van der Waals surface area contributed by atoms with Crippen LogP contribution in [-0.4, -0.2) is 17.1 Å². The molecule has 1 atom stereocenters. The van der Waals surface area contributed by atoms with E-state index in [0.717, 1.165) is 0 Å². The number of rotatable bonds is 5. The Kier molecular flexibility index (Phi) is 4.71. The number of aliphatic carboxylic acids is 1. The quantitative estimate of drug-likeness (QED) is 0.825. The molecule has 0 spiro atoms. The summed E-state index contributed by atoms with van der Waals surface area (Å²) in [6, 6.07) is 8.75. The standard InChI is InChI=1S/C13H13N3O2/c1-9(2-5-13(17)18)16-12-4-3-10(7-14)11(6-12)8-15/h3-4,6,9,16H,2,5H2,1H3,(H,17,18). The van der Waals surface area contributed by atoms with Gasteiger partial charge in [0.05, 0.1) is 11.1 Å². The maximum atomic E-state index is 10.4. The van der Waals surface area contributed by atoms with Gasteiger partial charge in [-0.2, -0.15) is 10.5 Å². The van der Waals surface area contributed by atoms with Gasteiger partial charge in [-0.3, -0.25) is 4.79 Å². The van der Waals surface area contributed by atoms with Crippen LogP contribution in [0.5, 0.6) is 0 Å². The Labute approximate surface area is 105 Å². The smallest absolute Gasteiger partial charge is 0.303 e. The summed E-state index contributed by atoms with van der Waals surface area (Å²) >= 11 is 0. The molecule has 0 aromatic heterocycles. The number of nitriles is 2. The Balaban J connectivity index is 2.72. The molecule has 5 heteroatoms. The minimum Gasteiger partial charge on any atom is -0.481 e. The van der Waals surface area contributed by atoms with Crippen LogP contribution in [0.4, 0.5) is 5.69 Å². The van der Waals surface area contributed by atoms with E-state index in [1.165, 1.54) is 0 Å². The number of hydrogen-bond acceptors (Lipinski definition) is 4. The highest BCUT2D eigenvalue weighted by Crippen LogP contribution is 2.16. The summed E-state index contributed by atoms with van der Waals surface area (Å²) in [5.74, 6) is -0.832. The first-order valence-corrected chi connectivity index (χ1v) is 5.49. The summed E-state index contributed by atoms with van der Waals surface area (Å²) in [5, 5.41) is 29.3. The van der Waals surface area contributed by atoms with Crippen molar-refractivity contribution >= 4 is 11.7 Å². The van der Waals surface area contributed by atoms with Crippen molar-refractivity contribution in [2.75, 3.05) is 5.32 Å². The number of anilines is 1. The van der Waals surface area contributed by atoms with Crippen molar-refractivity contribution in [1.82, 2.24) is 0 Å². The van der Waals surface area contributed by atoms with Crippen LogP contribution in [0.1, 0.15) is 30.9 Å². The minimum absolute atomic E-state index is 0.0134. The topological polar surface area (TPSA) is 96.9 Å². The molecule has 0 bridgehead atoms. The molecule has 1 aromatic rings. The molecule has 1 aromatic carbocycles. The lowest BCUT2D eigenvalue weighted by Gasteiger charge is -2.14. The van der Waals surface area contributed by atoms with Crippen LogP contribution in [0.15, 0.2) is 18.2 Å². The fourth-order valence-corrected chi connectivity index (χ4v) is 1.52. The number of nitrogens with one attached hydrogen (secondary N) is 1. The summed E-state index contributed by atoms with van der Waals surface area (Å²) in [6.45, 7) is 1.87. The summed E-state index contributed by atoms with van der Waals surface area (Å²) in [7, 11) is 0. The molecular formula is C13H13N3O2. The number of benzene rings is 1. The van der Waals surface area contributed by atoms with E-state index >= 15 is 0 Å². The van der Waals surface area contributed by atoms with Crippen molar-refractivity contribution in [1.29, 1.82) is 10.5 Å². The molecule has 0 aliphatic carbocycles. The van der Waals surface area contributed by atoms with E-state index < -0.39 is 5.97 Å². The minimum atomic E-state index is -0.832. The SMILES string of the molecule is CC(CCC(=O)O)Nc1ccc(C#N)c(C#N)c1. The van der Waals surface area contributed by atoms with Crippen molar-refractivity contribution in [3.8, 4) is 12.1 Å². The fourth-order valence-electron chi connectivity index (χ4n) is 1.52. The molecular weight excluding hydrogens is 230 g/mol. The number of carbonyl (C=O) groups is 1. The van der Waals surface area contributed by atoms with Gasteiger partial charge in [-0.25, -0.2) is 0 Å². The average molecular weight is 243 g/mol. The third kappa shape index (κ3) is 3.80. The predicted octanol–water partition coefficient (Wildman–Crippen LogP) is 2.10. The van der Waals surface area contributed by atoms with Crippen molar-refractivity contribution in [2.24, 2.45) is 0 Å². The lowest BCUT2D eigenvalue weighted by Crippen LogP contribution is -2.16. The van der Waals surface area contributed by atoms with Crippen LogP contribution >= 0.6 is 0 Å². The van der Waals surface area contributed by atoms with Crippen LogP contribution in [-0.2, 0) is 4.79 Å². The predicted molar refractivity (Wildman–Crippen MR) is 65.8 cm³/mol. The molecule has 0 fully saturated rings. The van der Waals surface area contributed by atoms with Crippen molar-refractivity contribution in [3.63, 3.8) is 0 Å². The van der Waals surface area contributed by atoms with Crippen molar-refractivity contribution in [3.05, 3.63) is 29.3 Å². The van der Waals surface area contributed by atoms with Gasteiger partial charge in [-0.15, -0.1) is 0 Å². The summed E-state index contributed by atoms with van der Waals surface area (Å²) < 4.78 is 0. The zero-order valence-corrected chi connectivity index (χ0v) is 9.97. The Morgan fingerprint density at radius 1 is 1.39 bits per heavy atom. The molecule has 0 amide bonds. The van der Waals surface area contributed by atoms with E-state index in [0.29, 0.717) is 23.2 Å². The number of nitrogens with zero attached hydrogens (tertiary/aromatic N) is 2. The van der Waals surface area contributed by atoms with Gasteiger partial charge in [-0.1, -0.05) is 0 Å². The van der Waals surface area contributed by atoms with E-state index in [4.69, 9.17) is 15.6 Å². The second kappa shape index (κ2) is 6.27. The largest absolute Gasteiger partial charge is 0.481 e. The van der Waals surface area contributed by atoms with E-state index in [1.807, 2.05) is 19.1 Å². The zero-order chi connectivity index (χ0) is 13.5. The number of carboxylic acid groups (broad SMARTS) is 1. The second-order valence-corrected chi connectivity index (χ2v) is 3.96. The van der Waals surface area contributed by atoms with Gasteiger partial charge >= 0.3 is 5.97 Å². The Morgan fingerprint density at radius 3 is 2.61 bits per heavy atom. The average Bonchev–Trinajstić information content (AvgIpc) is 2.36. The molecule has 92 valence electrons. The van der Waals surface area contributed by atoms with E-state index in [9.17, 15) is 4.79 Å². The van der Waals surface area contributed by atoms with Crippen LogP contribution in [0.3, 0.4) is 0 Å². The molecule has 1 unspecified atom stereocenters. The van der Waals surface area contributed by atoms with Crippen molar-refractivity contribution in [2.45, 2.75) is 25.8 Å². The first-order chi connectivity index (χ1) is 8.56. The number of hydrogen-bond donors (Lipinski definition) is 2. The highest BCUT2D eigenvalue weighted by molar-refractivity contribution is 5.66. The Hall–Kier alpha value is -2.53. The summed E-state index contributed by atoms with van der Waals surface area (Å²) in [4.78, 5) is 10.4. The molecule has 0 saturated heterocycles. The molecule has 18 heavy (non-hydrogen) atoms. The van der Waals surface area contributed by atoms with Gasteiger partial charge in [0.25, 0.3) is 0 Å². The molecule has 5 nitrogen and oxygen atoms in total. The van der Waals surface area contributed by atoms with Crippen LogP contribution in [0, 0.1) is 22.7 Å².